The molecular formula is C15H20N2. The molecule has 1 N–H and O–H groups in total. The van der Waals surface area contributed by atoms with Crippen molar-refractivity contribution in [3.05, 3.63) is 42.1 Å². The summed E-state index contributed by atoms with van der Waals surface area (Å²) in [5, 5.41) is 4.52. The largest absolute Gasteiger partial charge is 0.317 e. The van der Waals surface area contributed by atoms with Gasteiger partial charge < -0.3 is 5.32 Å². The maximum absolute atomic E-state index is 4.51. The average Bonchev–Trinajstić information content (AvgIpc) is 2.37. The van der Waals surface area contributed by atoms with Crippen molar-refractivity contribution in [1.82, 2.24) is 10.3 Å². The van der Waals surface area contributed by atoms with E-state index in [1.807, 2.05) is 19.3 Å². The van der Waals surface area contributed by atoms with Gasteiger partial charge in [0.05, 0.1) is 5.52 Å². The molecule has 0 aliphatic rings. The summed E-state index contributed by atoms with van der Waals surface area (Å²) in [7, 11) is 2.01. The second-order valence-electron chi connectivity index (χ2n) is 4.75. The zero-order valence-electron chi connectivity index (χ0n) is 10.8. The van der Waals surface area contributed by atoms with Crippen molar-refractivity contribution in [2.45, 2.75) is 32.2 Å². The molecule has 0 amide bonds. The van der Waals surface area contributed by atoms with Crippen molar-refractivity contribution < 1.29 is 0 Å². The van der Waals surface area contributed by atoms with Gasteiger partial charge in [0, 0.05) is 17.6 Å². The molecule has 0 saturated heterocycles. The molecule has 0 fully saturated rings. The highest BCUT2D eigenvalue weighted by atomic mass is 14.8. The Kier molecular flexibility index (Phi) is 3.75. The molecular weight excluding hydrogens is 208 g/mol. The normalized spacial score (nSPS) is 14.8. The summed E-state index contributed by atoms with van der Waals surface area (Å²) in [5.74, 6) is 0.524. The monoisotopic (exact) mass is 228 g/mol. The molecule has 0 aliphatic carbocycles. The third-order valence-corrected chi connectivity index (χ3v) is 3.39. The number of pyridine rings is 1. The number of fused-ring (bicyclic) bond motifs is 1. The van der Waals surface area contributed by atoms with Crippen LogP contribution in [0.25, 0.3) is 10.9 Å². The Balaban J connectivity index is 2.34. The molecule has 0 saturated carbocycles. The topological polar surface area (TPSA) is 24.9 Å². The van der Waals surface area contributed by atoms with Gasteiger partial charge in [-0.05, 0) is 37.9 Å². The predicted molar refractivity (Wildman–Crippen MR) is 73.3 cm³/mol. The molecule has 2 rings (SSSR count). The van der Waals surface area contributed by atoms with Crippen molar-refractivity contribution in [2.24, 2.45) is 0 Å². The summed E-state index contributed by atoms with van der Waals surface area (Å²) >= 11 is 0. The van der Waals surface area contributed by atoms with E-state index in [1.165, 1.54) is 10.9 Å². The van der Waals surface area contributed by atoms with Crippen molar-refractivity contribution in [1.29, 1.82) is 0 Å². The molecule has 90 valence electrons. The molecule has 0 spiro atoms. The van der Waals surface area contributed by atoms with Gasteiger partial charge in [0.25, 0.3) is 0 Å². The fourth-order valence-corrected chi connectivity index (χ4v) is 2.30. The smallest absolute Gasteiger partial charge is 0.0736 e. The Morgan fingerprint density at radius 3 is 2.71 bits per heavy atom. The van der Waals surface area contributed by atoms with E-state index in [0.29, 0.717) is 12.0 Å². The number of benzene rings is 1. The van der Waals surface area contributed by atoms with Crippen molar-refractivity contribution >= 4 is 10.9 Å². The summed E-state index contributed by atoms with van der Waals surface area (Å²) in [5.41, 5.74) is 2.50. The first-order valence-corrected chi connectivity index (χ1v) is 6.23. The third-order valence-electron chi connectivity index (χ3n) is 3.39. The Morgan fingerprint density at radius 1 is 1.18 bits per heavy atom. The standard InChI is InChI=1S/C15H20N2/c1-11(10-12(2)16-3)14-8-4-6-13-7-5-9-17-15(13)14/h4-9,11-12,16H,10H2,1-3H3. The molecule has 0 aliphatic heterocycles. The molecule has 2 atom stereocenters. The number of hydrogen-bond acceptors (Lipinski definition) is 2. The number of nitrogens with one attached hydrogen (secondary N) is 1. The lowest BCUT2D eigenvalue weighted by Gasteiger charge is -2.18. The van der Waals surface area contributed by atoms with Crippen LogP contribution in [0.4, 0.5) is 0 Å². The molecule has 2 nitrogen and oxygen atoms in total. The van der Waals surface area contributed by atoms with E-state index in [2.05, 4.69) is 48.4 Å². The molecule has 1 heterocycles. The number of hydrogen-bond donors (Lipinski definition) is 1. The zero-order chi connectivity index (χ0) is 12.3. The van der Waals surface area contributed by atoms with Crippen molar-refractivity contribution in [3.63, 3.8) is 0 Å². The van der Waals surface area contributed by atoms with Crippen molar-refractivity contribution in [3.8, 4) is 0 Å². The first kappa shape index (κ1) is 12.1. The molecule has 2 aromatic rings. The van der Waals surface area contributed by atoms with Crippen LogP contribution in [0, 0.1) is 0 Å². The molecule has 2 heteroatoms. The summed E-state index contributed by atoms with van der Waals surface area (Å²) in [6, 6.07) is 11.1. The van der Waals surface area contributed by atoms with E-state index in [9.17, 15) is 0 Å². The number of para-hydroxylation sites is 1. The van der Waals surface area contributed by atoms with Gasteiger partial charge >= 0.3 is 0 Å². The first-order valence-electron chi connectivity index (χ1n) is 6.23. The molecule has 1 aromatic heterocycles. The van der Waals surface area contributed by atoms with Crippen LogP contribution in [0.1, 0.15) is 31.7 Å². The summed E-state index contributed by atoms with van der Waals surface area (Å²) < 4.78 is 0. The minimum absolute atomic E-state index is 0.524. The summed E-state index contributed by atoms with van der Waals surface area (Å²) in [6.45, 7) is 4.49. The van der Waals surface area contributed by atoms with Gasteiger partial charge in [-0.2, -0.15) is 0 Å². The Bertz CT molecular complexity index is 488. The summed E-state index contributed by atoms with van der Waals surface area (Å²) in [4.78, 5) is 4.51. The summed E-state index contributed by atoms with van der Waals surface area (Å²) in [6.07, 6.45) is 3.01. The Labute approximate surface area is 103 Å². The Hall–Kier alpha value is -1.41. The maximum atomic E-state index is 4.51. The zero-order valence-corrected chi connectivity index (χ0v) is 10.8. The van der Waals surface area contributed by atoms with E-state index in [4.69, 9.17) is 0 Å². The van der Waals surface area contributed by atoms with E-state index in [0.717, 1.165) is 11.9 Å². The highest BCUT2D eigenvalue weighted by molar-refractivity contribution is 5.81. The third kappa shape index (κ3) is 2.64. The number of rotatable bonds is 4. The van der Waals surface area contributed by atoms with Crippen LogP contribution in [0.15, 0.2) is 36.5 Å². The first-order chi connectivity index (χ1) is 8.22. The van der Waals surface area contributed by atoms with Gasteiger partial charge in [0.1, 0.15) is 0 Å². The minimum Gasteiger partial charge on any atom is -0.317 e. The highest BCUT2D eigenvalue weighted by Crippen LogP contribution is 2.26. The molecule has 17 heavy (non-hydrogen) atoms. The van der Waals surface area contributed by atoms with E-state index in [1.54, 1.807) is 0 Å². The lowest BCUT2D eigenvalue weighted by molar-refractivity contribution is 0.517. The quantitative estimate of drug-likeness (QED) is 0.868. The predicted octanol–water partition coefficient (Wildman–Crippen LogP) is 3.34. The van der Waals surface area contributed by atoms with Gasteiger partial charge in [0.15, 0.2) is 0 Å². The lowest BCUT2D eigenvalue weighted by atomic mass is 9.92. The van der Waals surface area contributed by atoms with Crippen LogP contribution in [0.2, 0.25) is 0 Å². The van der Waals surface area contributed by atoms with Gasteiger partial charge in [-0.3, -0.25) is 4.98 Å². The molecule has 0 radical (unpaired) electrons. The van der Waals surface area contributed by atoms with Crippen LogP contribution in [-0.4, -0.2) is 18.1 Å². The fraction of sp³-hybridized carbons (Fsp3) is 0.400. The minimum atomic E-state index is 0.524. The molecule has 1 aromatic carbocycles. The number of aromatic nitrogens is 1. The van der Waals surface area contributed by atoms with E-state index in [-0.39, 0.29) is 0 Å². The molecule has 0 bridgehead atoms. The van der Waals surface area contributed by atoms with E-state index >= 15 is 0 Å². The molecule has 2 unspecified atom stereocenters. The van der Waals surface area contributed by atoms with Crippen LogP contribution in [-0.2, 0) is 0 Å². The van der Waals surface area contributed by atoms with Crippen LogP contribution >= 0.6 is 0 Å². The van der Waals surface area contributed by atoms with E-state index < -0.39 is 0 Å². The van der Waals surface area contributed by atoms with Crippen LogP contribution in [0.3, 0.4) is 0 Å². The maximum Gasteiger partial charge on any atom is 0.0736 e. The van der Waals surface area contributed by atoms with Crippen molar-refractivity contribution in [2.75, 3.05) is 7.05 Å². The highest BCUT2D eigenvalue weighted by Gasteiger charge is 2.12. The van der Waals surface area contributed by atoms with Gasteiger partial charge in [-0.25, -0.2) is 0 Å². The van der Waals surface area contributed by atoms with Gasteiger partial charge in [-0.1, -0.05) is 31.2 Å². The lowest BCUT2D eigenvalue weighted by Crippen LogP contribution is -2.23. The average molecular weight is 228 g/mol. The Morgan fingerprint density at radius 2 is 1.94 bits per heavy atom. The van der Waals surface area contributed by atoms with Gasteiger partial charge in [-0.15, -0.1) is 0 Å². The van der Waals surface area contributed by atoms with Crippen LogP contribution < -0.4 is 5.32 Å². The van der Waals surface area contributed by atoms with Crippen LogP contribution in [0.5, 0.6) is 0 Å². The second kappa shape index (κ2) is 5.28. The fourth-order valence-electron chi connectivity index (χ4n) is 2.30. The SMILES string of the molecule is CNC(C)CC(C)c1cccc2cccnc12. The van der Waals surface area contributed by atoms with Gasteiger partial charge in [0.2, 0.25) is 0 Å². The second-order valence-corrected chi connectivity index (χ2v) is 4.75. The number of nitrogens with zero attached hydrogens (tertiary/aromatic N) is 1.